The Morgan fingerprint density at radius 3 is 2.44 bits per heavy atom. The van der Waals surface area contributed by atoms with Crippen molar-refractivity contribution < 1.29 is 26.0 Å². The van der Waals surface area contributed by atoms with Gasteiger partial charge in [-0.2, -0.15) is 4.31 Å². The maximum absolute atomic E-state index is 15.4. The number of carbonyl (C=O) groups is 1. The Hall–Kier alpha value is -1.79. The number of piperidine rings is 1. The molecule has 0 saturated carbocycles. The Morgan fingerprint density at radius 2 is 1.82 bits per heavy atom. The minimum atomic E-state index is -4.02. The minimum absolute atomic E-state index is 0.0286. The molecule has 1 amide bonds. The zero-order valence-electron chi connectivity index (χ0n) is 17.7. The van der Waals surface area contributed by atoms with E-state index in [1.807, 2.05) is 0 Å². The average Bonchev–Trinajstić information content (AvgIpc) is 3.12. The zero-order chi connectivity index (χ0) is 24.7. The first-order valence-electron chi connectivity index (χ1n) is 10.4. The highest BCUT2D eigenvalue weighted by molar-refractivity contribution is 9.10. The summed E-state index contributed by atoms with van der Waals surface area (Å²) in [6.07, 6.45) is 0.609. The van der Waals surface area contributed by atoms with Crippen LogP contribution in [0.3, 0.4) is 0 Å². The summed E-state index contributed by atoms with van der Waals surface area (Å²) in [6, 6.07) is 10.8. The molecule has 0 bridgehead atoms. The highest BCUT2D eigenvalue weighted by Gasteiger charge is 2.45. The number of hydrogen-bond acceptors (Lipinski definition) is 5. The molecule has 0 spiro atoms. The molecule has 4 rings (SSSR count). The van der Waals surface area contributed by atoms with E-state index in [2.05, 4.69) is 21.2 Å². The number of rotatable bonds is 5. The summed E-state index contributed by atoms with van der Waals surface area (Å²) < 4.78 is 67.3. The molecule has 1 saturated heterocycles. The largest absolute Gasteiger partial charge is 0.346 e. The van der Waals surface area contributed by atoms with Crippen molar-refractivity contribution in [1.29, 1.82) is 0 Å². The summed E-state index contributed by atoms with van der Waals surface area (Å²) in [4.78, 5) is 12.6. The Kier molecular flexibility index (Phi) is 6.96. The SMILES string of the molecule is O=C(N[C@@H]1C=CS(=O)(=O)C1)C1(F)CCN(S(=O)(=O)c2ccc(Br)cc2-c2ccccc2Cl)CC1. The highest BCUT2D eigenvalue weighted by atomic mass is 79.9. The lowest BCUT2D eigenvalue weighted by Crippen LogP contribution is -2.54. The first-order chi connectivity index (χ1) is 15.9. The molecule has 0 radical (unpaired) electrons. The van der Waals surface area contributed by atoms with E-state index in [0.29, 0.717) is 20.6 Å². The van der Waals surface area contributed by atoms with E-state index in [0.717, 1.165) is 9.71 Å². The third-order valence-corrected chi connectivity index (χ3v) is 10.1. The van der Waals surface area contributed by atoms with Crippen molar-refractivity contribution in [3.8, 4) is 11.1 Å². The molecule has 0 unspecified atom stereocenters. The minimum Gasteiger partial charge on any atom is -0.346 e. The van der Waals surface area contributed by atoms with Gasteiger partial charge in [0.25, 0.3) is 5.91 Å². The zero-order valence-corrected chi connectivity index (χ0v) is 21.7. The van der Waals surface area contributed by atoms with Crippen molar-refractivity contribution in [2.45, 2.75) is 29.4 Å². The number of carbonyl (C=O) groups excluding carboxylic acids is 1. The van der Waals surface area contributed by atoms with Crippen molar-refractivity contribution >= 4 is 53.3 Å². The molecule has 2 aromatic rings. The Bertz CT molecular complexity index is 1370. The van der Waals surface area contributed by atoms with Gasteiger partial charge >= 0.3 is 0 Å². The molecular weight excluding hydrogens is 571 g/mol. The molecular formula is C22H21BrClFN2O5S2. The van der Waals surface area contributed by atoms with Crippen LogP contribution in [0.1, 0.15) is 12.8 Å². The summed E-state index contributed by atoms with van der Waals surface area (Å²) >= 11 is 9.69. The van der Waals surface area contributed by atoms with Gasteiger partial charge in [0.1, 0.15) is 0 Å². The van der Waals surface area contributed by atoms with Gasteiger partial charge in [0.15, 0.2) is 15.5 Å². The van der Waals surface area contributed by atoms with Gasteiger partial charge in [-0.15, -0.1) is 0 Å². The normalized spacial score (nSPS) is 21.9. The Balaban J connectivity index is 1.53. The number of sulfone groups is 1. The third-order valence-electron chi connectivity index (χ3n) is 5.89. The molecule has 1 atom stereocenters. The number of hydrogen-bond donors (Lipinski definition) is 1. The topological polar surface area (TPSA) is 101 Å². The summed E-state index contributed by atoms with van der Waals surface area (Å²) in [6.45, 7) is -0.411. The summed E-state index contributed by atoms with van der Waals surface area (Å²) in [5.74, 6) is -1.25. The molecule has 0 aromatic heterocycles. The van der Waals surface area contributed by atoms with E-state index in [1.165, 1.54) is 12.1 Å². The standard InChI is InChI=1S/C22H21BrClFN2O5S2/c23-15-5-6-20(18(13-15)17-3-1-2-4-19(17)24)34(31,32)27-10-8-22(25,9-11-27)21(28)26-16-7-12-33(29,30)14-16/h1-7,12-13,16H,8-11,14H2,(H,26,28)/t16-/m1/s1. The fourth-order valence-corrected chi connectivity index (χ4v) is 7.49. The molecule has 34 heavy (non-hydrogen) atoms. The number of nitrogens with one attached hydrogen (secondary N) is 1. The Labute approximate surface area is 211 Å². The number of benzene rings is 2. The Morgan fingerprint density at radius 1 is 1.15 bits per heavy atom. The van der Waals surface area contributed by atoms with Crippen molar-refractivity contribution in [1.82, 2.24) is 9.62 Å². The van der Waals surface area contributed by atoms with Crippen LogP contribution in [0.25, 0.3) is 11.1 Å². The quantitative estimate of drug-likeness (QED) is 0.572. The van der Waals surface area contributed by atoms with Gasteiger partial charge in [0, 0.05) is 52.0 Å². The van der Waals surface area contributed by atoms with Crippen molar-refractivity contribution in [2.75, 3.05) is 18.8 Å². The van der Waals surface area contributed by atoms with E-state index in [-0.39, 0.29) is 36.6 Å². The van der Waals surface area contributed by atoms with Crippen LogP contribution < -0.4 is 5.32 Å². The molecule has 182 valence electrons. The number of nitrogens with zero attached hydrogens (tertiary/aromatic N) is 1. The second-order valence-electron chi connectivity index (χ2n) is 8.23. The second-order valence-corrected chi connectivity index (χ2v) is 13.4. The van der Waals surface area contributed by atoms with Crippen LogP contribution in [0.15, 0.2) is 63.3 Å². The highest BCUT2D eigenvalue weighted by Crippen LogP contribution is 2.37. The maximum atomic E-state index is 15.4. The molecule has 0 aliphatic carbocycles. The van der Waals surface area contributed by atoms with Crippen LogP contribution >= 0.6 is 27.5 Å². The van der Waals surface area contributed by atoms with Gasteiger partial charge in [-0.1, -0.05) is 45.7 Å². The van der Waals surface area contributed by atoms with Crippen LogP contribution in [-0.4, -0.2) is 57.6 Å². The van der Waals surface area contributed by atoms with Gasteiger partial charge in [0.05, 0.1) is 16.7 Å². The third kappa shape index (κ3) is 5.08. The molecule has 7 nitrogen and oxygen atoms in total. The first-order valence-corrected chi connectivity index (χ1v) is 14.7. The number of halogens is 3. The van der Waals surface area contributed by atoms with Gasteiger partial charge in [0.2, 0.25) is 10.0 Å². The van der Waals surface area contributed by atoms with Crippen LogP contribution in [0, 0.1) is 0 Å². The molecule has 2 aliphatic rings. The van der Waals surface area contributed by atoms with E-state index >= 15 is 4.39 Å². The lowest BCUT2D eigenvalue weighted by Gasteiger charge is -2.35. The molecule has 2 aromatic carbocycles. The molecule has 2 aliphatic heterocycles. The van der Waals surface area contributed by atoms with E-state index < -0.39 is 37.5 Å². The van der Waals surface area contributed by atoms with Crippen LogP contribution in [-0.2, 0) is 24.7 Å². The smallest absolute Gasteiger partial charge is 0.258 e. The molecule has 1 N–H and O–H groups in total. The summed E-state index contributed by atoms with van der Waals surface area (Å²) in [7, 11) is -7.42. The fraction of sp³-hybridized carbons (Fsp3) is 0.318. The van der Waals surface area contributed by atoms with Gasteiger partial charge in [-0.3, -0.25) is 4.79 Å². The first kappa shape index (κ1) is 25.3. The van der Waals surface area contributed by atoms with Gasteiger partial charge < -0.3 is 5.32 Å². The fourth-order valence-electron chi connectivity index (χ4n) is 4.03. The maximum Gasteiger partial charge on any atom is 0.258 e. The number of alkyl halides is 1. The van der Waals surface area contributed by atoms with E-state index in [1.54, 1.807) is 36.4 Å². The predicted molar refractivity (Wildman–Crippen MR) is 131 cm³/mol. The molecule has 1 fully saturated rings. The van der Waals surface area contributed by atoms with Crippen LogP contribution in [0.5, 0.6) is 0 Å². The van der Waals surface area contributed by atoms with Crippen LogP contribution in [0.4, 0.5) is 4.39 Å². The van der Waals surface area contributed by atoms with Crippen molar-refractivity contribution in [3.05, 3.63) is 63.4 Å². The summed E-state index contributed by atoms with van der Waals surface area (Å²) in [5.41, 5.74) is -1.35. The summed E-state index contributed by atoms with van der Waals surface area (Å²) in [5, 5.41) is 3.79. The van der Waals surface area contributed by atoms with Crippen molar-refractivity contribution in [2.24, 2.45) is 0 Å². The van der Waals surface area contributed by atoms with Crippen LogP contribution in [0.2, 0.25) is 5.02 Å². The molecule has 12 heteroatoms. The average molecular weight is 592 g/mol. The number of amides is 1. The van der Waals surface area contributed by atoms with Gasteiger partial charge in [-0.25, -0.2) is 21.2 Å². The van der Waals surface area contributed by atoms with Crippen molar-refractivity contribution in [3.63, 3.8) is 0 Å². The lowest BCUT2D eigenvalue weighted by atomic mass is 9.93. The van der Waals surface area contributed by atoms with E-state index in [4.69, 9.17) is 11.6 Å². The second kappa shape index (κ2) is 9.34. The number of sulfonamides is 1. The lowest BCUT2D eigenvalue weighted by molar-refractivity contribution is -0.135. The predicted octanol–water partition coefficient (Wildman–Crippen LogP) is 3.69. The van der Waals surface area contributed by atoms with Gasteiger partial charge in [-0.05, 0) is 30.3 Å². The monoisotopic (exact) mass is 590 g/mol. The molecule has 2 heterocycles. The van der Waals surface area contributed by atoms with E-state index in [9.17, 15) is 21.6 Å².